The highest BCUT2D eigenvalue weighted by Crippen LogP contribution is 2.19. The van der Waals surface area contributed by atoms with Crippen LogP contribution in [-0.2, 0) is 4.74 Å². The van der Waals surface area contributed by atoms with Gasteiger partial charge in [-0.2, -0.15) is 0 Å². The Labute approximate surface area is 156 Å². The fourth-order valence-corrected chi connectivity index (χ4v) is 3.18. The summed E-state index contributed by atoms with van der Waals surface area (Å²) in [5.41, 5.74) is 2.45. The van der Waals surface area contributed by atoms with Crippen LogP contribution in [0.5, 0.6) is 0 Å². The molecule has 0 bridgehead atoms. The molecule has 1 fully saturated rings. The SMILES string of the molecule is O=C(Nc1cccc(C(=O)N2CCOCC2)c1)c1cccc2ncccc12. The van der Waals surface area contributed by atoms with Gasteiger partial charge in [0.25, 0.3) is 11.8 Å². The summed E-state index contributed by atoms with van der Waals surface area (Å²) in [6, 6.07) is 16.1. The Morgan fingerprint density at radius 3 is 2.67 bits per heavy atom. The summed E-state index contributed by atoms with van der Waals surface area (Å²) < 4.78 is 5.29. The maximum Gasteiger partial charge on any atom is 0.256 e. The number of benzene rings is 2. The van der Waals surface area contributed by atoms with Crippen molar-refractivity contribution >= 4 is 28.4 Å². The van der Waals surface area contributed by atoms with Gasteiger partial charge in [-0.15, -0.1) is 0 Å². The molecule has 0 spiro atoms. The molecule has 0 radical (unpaired) electrons. The molecule has 4 rings (SSSR count). The lowest BCUT2D eigenvalue weighted by Gasteiger charge is -2.27. The molecule has 0 saturated carbocycles. The Morgan fingerprint density at radius 2 is 1.81 bits per heavy atom. The summed E-state index contributed by atoms with van der Waals surface area (Å²) in [6.07, 6.45) is 1.70. The minimum atomic E-state index is -0.232. The average molecular weight is 361 g/mol. The van der Waals surface area contributed by atoms with Crippen LogP contribution in [0.25, 0.3) is 10.9 Å². The molecule has 1 aromatic heterocycles. The minimum absolute atomic E-state index is 0.0521. The van der Waals surface area contributed by atoms with Crippen LogP contribution < -0.4 is 5.32 Å². The first-order chi connectivity index (χ1) is 13.2. The van der Waals surface area contributed by atoms with E-state index in [1.54, 1.807) is 47.5 Å². The molecule has 1 aliphatic heterocycles. The fraction of sp³-hybridized carbons (Fsp3) is 0.190. The number of morpholine rings is 1. The third-order valence-electron chi connectivity index (χ3n) is 4.56. The summed E-state index contributed by atoms with van der Waals surface area (Å²) >= 11 is 0. The van der Waals surface area contributed by atoms with Crippen molar-refractivity contribution in [2.24, 2.45) is 0 Å². The van der Waals surface area contributed by atoms with E-state index in [0.29, 0.717) is 43.1 Å². The maximum absolute atomic E-state index is 12.8. The lowest BCUT2D eigenvalue weighted by atomic mass is 10.1. The van der Waals surface area contributed by atoms with Crippen LogP contribution >= 0.6 is 0 Å². The van der Waals surface area contributed by atoms with Crippen LogP contribution in [0, 0.1) is 0 Å². The number of nitrogens with zero attached hydrogens (tertiary/aromatic N) is 2. The van der Waals surface area contributed by atoms with Gasteiger partial charge >= 0.3 is 0 Å². The van der Waals surface area contributed by atoms with Crippen molar-refractivity contribution in [1.29, 1.82) is 0 Å². The first-order valence-electron chi connectivity index (χ1n) is 8.84. The summed E-state index contributed by atoms with van der Waals surface area (Å²) in [5.74, 6) is -0.284. The molecule has 136 valence electrons. The molecule has 0 aliphatic carbocycles. The van der Waals surface area contributed by atoms with Crippen molar-refractivity contribution in [3.05, 3.63) is 71.9 Å². The highest BCUT2D eigenvalue weighted by atomic mass is 16.5. The standard InChI is InChI=1S/C21H19N3O3/c25-20(18-6-2-8-19-17(18)7-3-9-22-19)23-16-5-1-4-15(14-16)21(26)24-10-12-27-13-11-24/h1-9,14H,10-13H2,(H,23,25). The lowest BCUT2D eigenvalue weighted by molar-refractivity contribution is 0.0303. The number of hydrogen-bond acceptors (Lipinski definition) is 4. The molecule has 1 saturated heterocycles. The van der Waals surface area contributed by atoms with Crippen molar-refractivity contribution in [2.45, 2.75) is 0 Å². The number of hydrogen-bond donors (Lipinski definition) is 1. The number of ether oxygens (including phenoxy) is 1. The molecule has 0 unspecified atom stereocenters. The summed E-state index contributed by atoms with van der Waals surface area (Å²) in [6.45, 7) is 2.27. The highest BCUT2D eigenvalue weighted by molar-refractivity contribution is 6.12. The Hall–Kier alpha value is -3.25. The summed E-state index contributed by atoms with van der Waals surface area (Å²) in [5, 5.41) is 3.68. The van der Waals surface area contributed by atoms with Crippen molar-refractivity contribution in [3.8, 4) is 0 Å². The average Bonchev–Trinajstić information content (AvgIpc) is 2.73. The number of aromatic nitrogens is 1. The molecule has 6 heteroatoms. The zero-order chi connectivity index (χ0) is 18.6. The maximum atomic E-state index is 12.8. The second-order valence-electron chi connectivity index (χ2n) is 6.32. The summed E-state index contributed by atoms with van der Waals surface area (Å²) in [7, 11) is 0. The monoisotopic (exact) mass is 361 g/mol. The first kappa shape index (κ1) is 17.2. The van der Waals surface area contributed by atoms with Crippen molar-refractivity contribution in [1.82, 2.24) is 9.88 Å². The van der Waals surface area contributed by atoms with Gasteiger partial charge in [-0.25, -0.2) is 0 Å². The van der Waals surface area contributed by atoms with Crippen LogP contribution in [0.4, 0.5) is 5.69 Å². The molecule has 0 atom stereocenters. The van der Waals surface area contributed by atoms with E-state index in [1.807, 2.05) is 18.2 Å². The van der Waals surface area contributed by atoms with E-state index in [2.05, 4.69) is 10.3 Å². The third-order valence-corrected chi connectivity index (χ3v) is 4.56. The second kappa shape index (κ2) is 7.55. The topological polar surface area (TPSA) is 71.5 Å². The first-order valence-corrected chi connectivity index (χ1v) is 8.84. The van der Waals surface area contributed by atoms with Gasteiger partial charge in [0.15, 0.2) is 0 Å². The molecule has 3 aromatic rings. The number of carbonyl (C=O) groups is 2. The number of anilines is 1. The van der Waals surface area contributed by atoms with Gasteiger partial charge in [0.2, 0.25) is 0 Å². The van der Waals surface area contributed by atoms with Crippen LogP contribution in [0.15, 0.2) is 60.8 Å². The number of amides is 2. The molecular formula is C21H19N3O3. The molecule has 2 heterocycles. The van der Waals surface area contributed by atoms with Gasteiger partial charge in [0.1, 0.15) is 0 Å². The largest absolute Gasteiger partial charge is 0.378 e. The van der Waals surface area contributed by atoms with Gasteiger partial charge in [-0.05, 0) is 36.4 Å². The van der Waals surface area contributed by atoms with Gasteiger partial charge < -0.3 is 15.0 Å². The van der Waals surface area contributed by atoms with E-state index in [9.17, 15) is 9.59 Å². The molecule has 1 N–H and O–H groups in total. The van der Waals surface area contributed by atoms with Crippen molar-refractivity contribution in [2.75, 3.05) is 31.6 Å². The molecule has 2 aromatic carbocycles. The number of fused-ring (bicyclic) bond motifs is 1. The Bertz CT molecular complexity index is 991. The lowest BCUT2D eigenvalue weighted by Crippen LogP contribution is -2.40. The predicted molar refractivity (Wildman–Crippen MR) is 103 cm³/mol. The number of pyridine rings is 1. The molecule has 1 aliphatic rings. The summed E-state index contributed by atoms with van der Waals surface area (Å²) in [4.78, 5) is 31.4. The number of rotatable bonds is 3. The van der Waals surface area contributed by atoms with Crippen molar-refractivity contribution in [3.63, 3.8) is 0 Å². The predicted octanol–water partition coefficient (Wildman–Crippen LogP) is 2.96. The second-order valence-corrected chi connectivity index (χ2v) is 6.32. The van der Waals surface area contributed by atoms with E-state index < -0.39 is 0 Å². The van der Waals surface area contributed by atoms with Crippen LogP contribution in [0.2, 0.25) is 0 Å². The van der Waals surface area contributed by atoms with Gasteiger partial charge in [0.05, 0.1) is 18.7 Å². The van der Waals surface area contributed by atoms with Crippen LogP contribution in [0.1, 0.15) is 20.7 Å². The number of carbonyl (C=O) groups excluding carboxylic acids is 2. The molecule has 2 amide bonds. The van der Waals surface area contributed by atoms with E-state index >= 15 is 0 Å². The van der Waals surface area contributed by atoms with Gasteiger partial charge in [0, 0.05) is 41.5 Å². The normalized spacial score (nSPS) is 14.1. The fourth-order valence-electron chi connectivity index (χ4n) is 3.18. The van der Waals surface area contributed by atoms with Gasteiger partial charge in [-0.1, -0.05) is 18.2 Å². The zero-order valence-corrected chi connectivity index (χ0v) is 14.7. The molecular weight excluding hydrogens is 342 g/mol. The minimum Gasteiger partial charge on any atom is -0.378 e. The smallest absolute Gasteiger partial charge is 0.256 e. The van der Waals surface area contributed by atoms with Crippen LogP contribution in [-0.4, -0.2) is 48.0 Å². The quantitative estimate of drug-likeness (QED) is 0.779. The molecule has 6 nitrogen and oxygen atoms in total. The van der Waals surface area contributed by atoms with E-state index in [4.69, 9.17) is 4.74 Å². The molecule has 27 heavy (non-hydrogen) atoms. The third kappa shape index (κ3) is 3.66. The van der Waals surface area contributed by atoms with E-state index in [0.717, 1.165) is 10.9 Å². The zero-order valence-electron chi connectivity index (χ0n) is 14.7. The van der Waals surface area contributed by atoms with Crippen molar-refractivity contribution < 1.29 is 14.3 Å². The Kier molecular flexibility index (Phi) is 4.80. The number of nitrogens with one attached hydrogen (secondary N) is 1. The van der Waals surface area contributed by atoms with Gasteiger partial charge in [-0.3, -0.25) is 14.6 Å². The Morgan fingerprint density at radius 1 is 1.00 bits per heavy atom. The van der Waals surface area contributed by atoms with E-state index in [-0.39, 0.29) is 11.8 Å². The van der Waals surface area contributed by atoms with E-state index in [1.165, 1.54) is 0 Å². The van der Waals surface area contributed by atoms with Crippen LogP contribution in [0.3, 0.4) is 0 Å². The Balaban J connectivity index is 1.55. The highest BCUT2D eigenvalue weighted by Gasteiger charge is 2.19.